The molecule has 0 N–H and O–H groups in total. The fourth-order valence-electron chi connectivity index (χ4n) is 3.08. The highest BCUT2D eigenvalue weighted by atomic mass is 31.2. The Morgan fingerprint density at radius 2 is 1.27 bits per heavy atom. The molecule has 1 rings (SSSR count). The van der Waals surface area contributed by atoms with Crippen molar-refractivity contribution in [2.24, 2.45) is 0 Å². The van der Waals surface area contributed by atoms with Crippen LogP contribution in [0, 0.1) is 10.1 Å². The Balaban J connectivity index is 3.05. The second-order valence-electron chi connectivity index (χ2n) is 7.58. The molecule has 6 nitrogen and oxygen atoms in total. The van der Waals surface area contributed by atoms with E-state index in [0.29, 0.717) is 30.8 Å². The van der Waals surface area contributed by atoms with Crippen LogP contribution in [-0.2, 0) is 11.1 Å². The quantitative estimate of drug-likeness (QED) is 0.300. The Morgan fingerprint density at radius 1 is 0.885 bits per heavy atom. The van der Waals surface area contributed by atoms with E-state index in [0.717, 1.165) is 5.56 Å². The van der Waals surface area contributed by atoms with Gasteiger partial charge in [-0.2, -0.15) is 0 Å². The van der Waals surface area contributed by atoms with Gasteiger partial charge in [-0.05, 0) is 73.1 Å². The summed E-state index contributed by atoms with van der Waals surface area (Å²) < 4.78 is 11.3. The number of hydrogen-bond acceptors (Lipinski definition) is 5. The lowest BCUT2D eigenvalue weighted by molar-refractivity contribution is -0.384. The fourth-order valence-corrected chi connectivity index (χ4v) is 5.43. The molecule has 0 atom stereocenters. The highest BCUT2D eigenvalue weighted by Crippen LogP contribution is 2.51. The molecule has 7 heteroatoms. The zero-order valence-electron chi connectivity index (χ0n) is 17.3. The van der Waals surface area contributed by atoms with Gasteiger partial charge in [-0.3, -0.25) is 10.1 Å². The predicted octanol–water partition coefficient (Wildman–Crippen LogP) is 5.58. The van der Waals surface area contributed by atoms with Crippen LogP contribution < -0.4 is 0 Å². The summed E-state index contributed by atoms with van der Waals surface area (Å²) in [5, 5.41) is 10.8. The van der Waals surface area contributed by atoms with Crippen LogP contribution in [-0.4, -0.2) is 38.4 Å². The lowest BCUT2D eigenvalue weighted by Gasteiger charge is -2.45. The van der Waals surface area contributed by atoms with Gasteiger partial charge < -0.3 is 4.52 Å². The molecule has 0 aliphatic rings. The van der Waals surface area contributed by atoms with E-state index in [-0.39, 0.29) is 10.6 Å². The smallest absolute Gasteiger partial charge is 0.269 e. The average Bonchev–Trinajstić information content (AvgIpc) is 2.51. The first-order chi connectivity index (χ1) is 12.1. The van der Waals surface area contributed by atoms with Crippen molar-refractivity contribution in [3.8, 4) is 0 Å². The number of hydrogen-bond donors (Lipinski definition) is 0. The minimum absolute atomic E-state index is 0.105. The van der Waals surface area contributed by atoms with Crippen molar-refractivity contribution in [2.75, 3.05) is 0 Å². The molecule has 0 fully saturated rings. The van der Waals surface area contributed by atoms with Crippen LogP contribution in [0.15, 0.2) is 24.3 Å². The third-order valence-electron chi connectivity index (χ3n) is 4.01. The second-order valence-corrected chi connectivity index (χ2v) is 9.27. The average molecular weight is 383 g/mol. The van der Waals surface area contributed by atoms with Crippen molar-refractivity contribution in [3.63, 3.8) is 0 Å². The molecule has 26 heavy (non-hydrogen) atoms. The summed E-state index contributed by atoms with van der Waals surface area (Å²) in [6.45, 7) is 18.0. The fraction of sp³-hybridized carbons (Fsp3) is 0.684. The molecule has 0 saturated heterocycles. The Bertz CT molecular complexity index is 526. The molecule has 0 aliphatic carbocycles. The van der Waals surface area contributed by atoms with Crippen molar-refractivity contribution in [1.82, 2.24) is 9.34 Å². The van der Waals surface area contributed by atoms with E-state index in [9.17, 15) is 10.1 Å². The van der Waals surface area contributed by atoms with Gasteiger partial charge in [-0.15, -0.1) is 0 Å². The first-order valence-electron chi connectivity index (χ1n) is 9.29. The van der Waals surface area contributed by atoms with Crippen LogP contribution in [0.2, 0.25) is 0 Å². The molecule has 0 heterocycles. The van der Waals surface area contributed by atoms with Crippen molar-refractivity contribution in [1.29, 1.82) is 0 Å². The van der Waals surface area contributed by atoms with E-state index in [1.54, 1.807) is 12.1 Å². The third-order valence-corrected chi connectivity index (χ3v) is 7.00. The first kappa shape index (κ1) is 23.0. The van der Waals surface area contributed by atoms with E-state index in [2.05, 4.69) is 64.7 Å². The van der Waals surface area contributed by atoms with Crippen LogP contribution in [0.4, 0.5) is 5.69 Å². The zero-order valence-corrected chi connectivity index (χ0v) is 18.2. The molecule has 148 valence electrons. The summed E-state index contributed by atoms with van der Waals surface area (Å²) in [7, 11) is -0.956. The number of nitrogens with zero attached hydrogens (tertiary/aromatic N) is 3. The van der Waals surface area contributed by atoms with Gasteiger partial charge in [0.2, 0.25) is 0 Å². The highest BCUT2D eigenvalue weighted by molar-refractivity contribution is 7.47. The summed E-state index contributed by atoms with van der Waals surface area (Å²) in [5.41, 5.74) is 1.05. The molecule has 0 spiro atoms. The summed E-state index contributed by atoms with van der Waals surface area (Å²) in [6, 6.07) is 8.05. The molecular formula is C19H34N3O3P. The van der Waals surface area contributed by atoms with Gasteiger partial charge in [0.25, 0.3) is 5.69 Å². The van der Waals surface area contributed by atoms with E-state index >= 15 is 0 Å². The normalized spacial score (nSPS) is 12.6. The van der Waals surface area contributed by atoms with Gasteiger partial charge in [0.15, 0.2) is 8.45 Å². The summed E-state index contributed by atoms with van der Waals surface area (Å²) in [5.74, 6) is 0. The van der Waals surface area contributed by atoms with Gasteiger partial charge in [-0.1, -0.05) is 0 Å². The summed E-state index contributed by atoms with van der Waals surface area (Å²) in [6.07, 6.45) is 0. The number of non-ortho nitro benzene ring substituents is 1. The molecule has 0 saturated carbocycles. The molecule has 0 radical (unpaired) electrons. The number of nitro groups is 1. The maximum atomic E-state index is 10.8. The van der Waals surface area contributed by atoms with Gasteiger partial charge in [0.05, 0.1) is 11.5 Å². The minimum atomic E-state index is -0.956. The monoisotopic (exact) mass is 383 g/mol. The van der Waals surface area contributed by atoms with Crippen LogP contribution in [0.1, 0.15) is 61.0 Å². The van der Waals surface area contributed by atoms with Gasteiger partial charge in [0, 0.05) is 36.3 Å². The maximum absolute atomic E-state index is 10.8. The Kier molecular flexibility index (Phi) is 9.11. The van der Waals surface area contributed by atoms with Crippen molar-refractivity contribution >= 4 is 14.1 Å². The highest BCUT2D eigenvalue weighted by Gasteiger charge is 2.34. The number of benzene rings is 1. The molecule has 1 aromatic rings. The third kappa shape index (κ3) is 6.27. The topological polar surface area (TPSA) is 58.9 Å². The molecule has 0 aliphatic heterocycles. The summed E-state index contributed by atoms with van der Waals surface area (Å²) >= 11 is 0. The number of rotatable bonds is 10. The largest absolute Gasteiger partial charge is 0.326 e. The molecule has 0 unspecified atom stereocenters. The Hall–Kier alpha value is -1.07. The molecule has 0 bridgehead atoms. The van der Waals surface area contributed by atoms with Crippen LogP contribution in [0.3, 0.4) is 0 Å². The summed E-state index contributed by atoms with van der Waals surface area (Å²) in [4.78, 5) is 10.4. The van der Waals surface area contributed by atoms with Crippen molar-refractivity contribution in [2.45, 2.75) is 86.2 Å². The van der Waals surface area contributed by atoms with Crippen LogP contribution in [0.5, 0.6) is 0 Å². The van der Waals surface area contributed by atoms with Gasteiger partial charge in [0.1, 0.15) is 0 Å². The van der Waals surface area contributed by atoms with Crippen LogP contribution in [0.25, 0.3) is 0 Å². The van der Waals surface area contributed by atoms with E-state index < -0.39 is 8.45 Å². The lowest BCUT2D eigenvalue weighted by Crippen LogP contribution is -2.43. The number of nitro benzene ring substituents is 1. The van der Waals surface area contributed by atoms with Crippen molar-refractivity contribution in [3.05, 3.63) is 39.9 Å². The van der Waals surface area contributed by atoms with Gasteiger partial charge in [-0.25, -0.2) is 9.34 Å². The zero-order chi connectivity index (χ0) is 20.0. The standard InChI is InChI=1S/C19H34N3O3P/c1-14(2)20(15(3)4)26(21(16(5)6)17(7)8)25-13-18-9-11-19(12-10-18)22(23)24/h9-12,14-17H,13H2,1-8H3. The molecular weight excluding hydrogens is 349 g/mol. The second kappa shape index (κ2) is 10.3. The Labute approximate surface area is 159 Å². The van der Waals surface area contributed by atoms with E-state index in [1.165, 1.54) is 12.1 Å². The van der Waals surface area contributed by atoms with Gasteiger partial charge >= 0.3 is 0 Å². The lowest BCUT2D eigenvalue weighted by atomic mass is 10.2. The van der Waals surface area contributed by atoms with Crippen LogP contribution >= 0.6 is 8.45 Å². The predicted molar refractivity (Wildman–Crippen MR) is 109 cm³/mol. The SMILES string of the molecule is CC(C)N(C(C)C)P(OCc1ccc([N+](=O)[O-])cc1)N(C(C)C)C(C)C. The Morgan fingerprint density at radius 3 is 1.58 bits per heavy atom. The molecule has 1 aromatic carbocycles. The molecule has 0 amide bonds. The minimum Gasteiger partial charge on any atom is -0.326 e. The maximum Gasteiger partial charge on any atom is 0.269 e. The molecule has 0 aromatic heterocycles. The first-order valence-corrected chi connectivity index (χ1v) is 10.5. The van der Waals surface area contributed by atoms with E-state index in [4.69, 9.17) is 4.52 Å². The van der Waals surface area contributed by atoms with Crippen molar-refractivity contribution < 1.29 is 9.45 Å². The van der Waals surface area contributed by atoms with E-state index in [1.807, 2.05) is 0 Å².